The maximum absolute atomic E-state index is 13.2. The Labute approximate surface area is 125 Å². The van der Waals surface area contributed by atoms with Crippen molar-refractivity contribution in [3.05, 3.63) is 35.6 Å². The molecule has 1 fully saturated rings. The van der Waals surface area contributed by atoms with Crippen molar-refractivity contribution in [2.75, 3.05) is 33.2 Å². The Morgan fingerprint density at radius 3 is 2.67 bits per heavy atom. The van der Waals surface area contributed by atoms with Crippen LogP contribution in [0.2, 0.25) is 0 Å². The molecule has 0 atom stereocenters. The van der Waals surface area contributed by atoms with Gasteiger partial charge in [-0.05, 0) is 31.5 Å². The van der Waals surface area contributed by atoms with Gasteiger partial charge in [-0.1, -0.05) is 12.1 Å². The summed E-state index contributed by atoms with van der Waals surface area (Å²) in [4.78, 5) is 16.6. The minimum atomic E-state index is -0.538. The van der Waals surface area contributed by atoms with Gasteiger partial charge >= 0.3 is 0 Å². The van der Waals surface area contributed by atoms with Gasteiger partial charge < -0.3 is 10.2 Å². The van der Waals surface area contributed by atoms with Gasteiger partial charge in [-0.25, -0.2) is 4.39 Å². The third-order valence-electron chi connectivity index (χ3n) is 4.09. The molecule has 0 saturated carbocycles. The molecule has 0 bridgehead atoms. The standard InChI is InChI=1S/C16H24FN3O/c1-16(2,20-9-7-18-8-10-20)15(21)19(3)12-13-5-4-6-14(17)11-13/h4-6,11,18H,7-10,12H2,1-3H3. The van der Waals surface area contributed by atoms with Crippen molar-refractivity contribution in [3.63, 3.8) is 0 Å². The quantitative estimate of drug-likeness (QED) is 0.913. The van der Waals surface area contributed by atoms with Crippen molar-refractivity contribution in [2.24, 2.45) is 0 Å². The Morgan fingerprint density at radius 1 is 1.38 bits per heavy atom. The van der Waals surface area contributed by atoms with Crippen LogP contribution in [-0.2, 0) is 11.3 Å². The van der Waals surface area contributed by atoms with Crippen molar-refractivity contribution in [1.82, 2.24) is 15.1 Å². The highest BCUT2D eigenvalue weighted by Gasteiger charge is 2.37. The summed E-state index contributed by atoms with van der Waals surface area (Å²) >= 11 is 0. The highest BCUT2D eigenvalue weighted by molar-refractivity contribution is 5.85. The number of hydrogen-bond donors (Lipinski definition) is 1. The van der Waals surface area contributed by atoms with Crippen LogP contribution in [0.5, 0.6) is 0 Å². The second-order valence-electron chi connectivity index (χ2n) is 6.09. The molecule has 1 amide bonds. The maximum atomic E-state index is 13.2. The van der Waals surface area contributed by atoms with Crippen LogP contribution in [0.4, 0.5) is 4.39 Å². The third-order valence-corrected chi connectivity index (χ3v) is 4.09. The van der Waals surface area contributed by atoms with Crippen LogP contribution in [0.15, 0.2) is 24.3 Å². The second kappa shape index (κ2) is 6.54. The molecule has 1 N–H and O–H groups in total. The number of likely N-dealkylation sites (N-methyl/N-ethyl adjacent to an activating group) is 1. The van der Waals surface area contributed by atoms with E-state index in [1.54, 1.807) is 18.0 Å². The average molecular weight is 293 g/mol. The lowest BCUT2D eigenvalue weighted by molar-refractivity contribution is -0.142. The lowest BCUT2D eigenvalue weighted by Crippen LogP contribution is -2.60. The molecule has 1 aromatic carbocycles. The lowest BCUT2D eigenvalue weighted by Gasteiger charge is -2.41. The number of piperazine rings is 1. The van der Waals surface area contributed by atoms with Gasteiger partial charge in [0.2, 0.25) is 5.91 Å². The summed E-state index contributed by atoms with van der Waals surface area (Å²) < 4.78 is 13.2. The summed E-state index contributed by atoms with van der Waals surface area (Å²) in [5.41, 5.74) is 0.270. The van der Waals surface area contributed by atoms with E-state index in [1.165, 1.54) is 12.1 Å². The number of hydrogen-bond acceptors (Lipinski definition) is 3. The number of carbonyl (C=O) groups excluding carboxylic acids is 1. The van der Waals surface area contributed by atoms with Crippen molar-refractivity contribution >= 4 is 5.91 Å². The topological polar surface area (TPSA) is 35.6 Å². The minimum Gasteiger partial charge on any atom is -0.340 e. The molecule has 1 saturated heterocycles. The van der Waals surface area contributed by atoms with E-state index in [4.69, 9.17) is 0 Å². The van der Waals surface area contributed by atoms with Gasteiger partial charge in [-0.3, -0.25) is 9.69 Å². The molecular formula is C16H24FN3O. The zero-order valence-electron chi connectivity index (χ0n) is 13.0. The van der Waals surface area contributed by atoms with Gasteiger partial charge in [0.05, 0.1) is 5.54 Å². The molecule has 2 rings (SSSR count). The maximum Gasteiger partial charge on any atom is 0.242 e. The van der Waals surface area contributed by atoms with E-state index in [1.807, 2.05) is 19.9 Å². The van der Waals surface area contributed by atoms with Crippen LogP contribution in [0, 0.1) is 5.82 Å². The number of nitrogens with zero attached hydrogens (tertiary/aromatic N) is 2. The van der Waals surface area contributed by atoms with Gasteiger partial charge in [0.1, 0.15) is 5.82 Å². The highest BCUT2D eigenvalue weighted by Crippen LogP contribution is 2.19. The Morgan fingerprint density at radius 2 is 2.05 bits per heavy atom. The fourth-order valence-corrected chi connectivity index (χ4v) is 2.81. The fourth-order valence-electron chi connectivity index (χ4n) is 2.81. The number of carbonyl (C=O) groups is 1. The first-order valence-corrected chi connectivity index (χ1v) is 7.37. The van der Waals surface area contributed by atoms with Crippen molar-refractivity contribution < 1.29 is 9.18 Å². The Bertz CT molecular complexity index is 498. The molecule has 5 heteroatoms. The number of rotatable bonds is 4. The number of nitrogens with one attached hydrogen (secondary N) is 1. The predicted octanol–water partition coefficient (Wildman–Crippen LogP) is 1.47. The van der Waals surface area contributed by atoms with E-state index in [2.05, 4.69) is 10.2 Å². The molecule has 1 aromatic rings. The molecule has 0 spiro atoms. The van der Waals surface area contributed by atoms with Gasteiger partial charge in [0.15, 0.2) is 0 Å². The molecule has 1 aliphatic rings. The largest absolute Gasteiger partial charge is 0.340 e. The van der Waals surface area contributed by atoms with Gasteiger partial charge in [0.25, 0.3) is 0 Å². The molecule has 0 aromatic heterocycles. The first-order chi connectivity index (χ1) is 9.91. The van der Waals surface area contributed by atoms with Crippen LogP contribution in [0.1, 0.15) is 19.4 Å². The van der Waals surface area contributed by atoms with E-state index in [9.17, 15) is 9.18 Å². The smallest absolute Gasteiger partial charge is 0.242 e. The second-order valence-corrected chi connectivity index (χ2v) is 6.09. The molecule has 116 valence electrons. The zero-order chi connectivity index (χ0) is 15.5. The van der Waals surface area contributed by atoms with Crippen molar-refractivity contribution in [2.45, 2.75) is 25.9 Å². The van der Waals surface area contributed by atoms with Crippen LogP contribution < -0.4 is 5.32 Å². The summed E-state index contributed by atoms with van der Waals surface area (Å²) in [6.07, 6.45) is 0. The average Bonchev–Trinajstić information content (AvgIpc) is 2.47. The first-order valence-electron chi connectivity index (χ1n) is 7.37. The van der Waals surface area contributed by atoms with Crippen LogP contribution in [0.25, 0.3) is 0 Å². The van der Waals surface area contributed by atoms with E-state index < -0.39 is 5.54 Å². The molecule has 21 heavy (non-hydrogen) atoms. The monoisotopic (exact) mass is 293 g/mol. The van der Waals surface area contributed by atoms with Crippen molar-refractivity contribution in [1.29, 1.82) is 0 Å². The van der Waals surface area contributed by atoms with Gasteiger partial charge in [-0.15, -0.1) is 0 Å². The summed E-state index contributed by atoms with van der Waals surface area (Å²) in [6, 6.07) is 6.40. The number of benzene rings is 1. The molecule has 1 aliphatic heterocycles. The van der Waals surface area contributed by atoms with E-state index in [-0.39, 0.29) is 11.7 Å². The molecule has 0 radical (unpaired) electrons. The van der Waals surface area contributed by atoms with E-state index in [0.717, 1.165) is 31.7 Å². The van der Waals surface area contributed by atoms with Gasteiger partial charge in [-0.2, -0.15) is 0 Å². The molecular weight excluding hydrogens is 269 g/mol. The van der Waals surface area contributed by atoms with Crippen LogP contribution >= 0.6 is 0 Å². The third kappa shape index (κ3) is 3.80. The highest BCUT2D eigenvalue weighted by atomic mass is 19.1. The molecule has 0 aliphatic carbocycles. The van der Waals surface area contributed by atoms with E-state index in [0.29, 0.717) is 6.54 Å². The molecule has 4 nitrogen and oxygen atoms in total. The van der Waals surface area contributed by atoms with Crippen LogP contribution in [-0.4, -0.2) is 54.5 Å². The predicted molar refractivity (Wildman–Crippen MR) is 81.4 cm³/mol. The Balaban J connectivity index is 2.03. The first kappa shape index (κ1) is 15.9. The number of amides is 1. The molecule has 0 unspecified atom stereocenters. The summed E-state index contributed by atoms with van der Waals surface area (Å²) in [6.45, 7) is 7.89. The minimum absolute atomic E-state index is 0.0636. The van der Waals surface area contributed by atoms with Crippen molar-refractivity contribution in [3.8, 4) is 0 Å². The van der Waals surface area contributed by atoms with Crippen LogP contribution in [0.3, 0.4) is 0 Å². The molecule has 1 heterocycles. The summed E-state index contributed by atoms with van der Waals surface area (Å²) in [5.74, 6) is -0.205. The Hall–Kier alpha value is -1.46. The number of halogens is 1. The fraction of sp³-hybridized carbons (Fsp3) is 0.562. The Kier molecular flexibility index (Phi) is 4.96. The summed E-state index contributed by atoms with van der Waals surface area (Å²) in [5, 5.41) is 3.29. The van der Waals surface area contributed by atoms with Gasteiger partial charge in [0, 0.05) is 39.8 Å². The summed E-state index contributed by atoms with van der Waals surface area (Å²) in [7, 11) is 1.77. The zero-order valence-corrected chi connectivity index (χ0v) is 13.0. The lowest BCUT2D eigenvalue weighted by atomic mass is 9.99. The SMILES string of the molecule is CN(Cc1cccc(F)c1)C(=O)C(C)(C)N1CCNCC1. The van der Waals surface area contributed by atoms with E-state index >= 15 is 0 Å². The normalized spacial score (nSPS) is 16.8.